The molecule has 0 saturated carbocycles. The number of fused-ring (bicyclic) bond motifs is 1. The molecule has 2 aromatic carbocycles. The van der Waals surface area contributed by atoms with Gasteiger partial charge in [0.25, 0.3) is 12.3 Å². The van der Waals surface area contributed by atoms with E-state index in [0.717, 1.165) is 29.9 Å². The molecule has 1 saturated heterocycles. The Morgan fingerprint density at radius 3 is 2.77 bits per heavy atom. The van der Waals surface area contributed by atoms with Crippen LogP contribution in [-0.4, -0.2) is 31.8 Å². The van der Waals surface area contributed by atoms with Gasteiger partial charge in [-0.3, -0.25) is 14.1 Å². The molecule has 9 heteroatoms. The Labute approximate surface area is 173 Å². The van der Waals surface area contributed by atoms with Crippen molar-refractivity contribution in [3.8, 4) is 0 Å². The Morgan fingerprint density at radius 2 is 2.03 bits per heavy atom. The fraction of sp³-hybridized carbons (Fsp3) is 0.333. The average molecular weight is 435 g/mol. The highest BCUT2D eigenvalue weighted by atomic mass is 32.2. The van der Waals surface area contributed by atoms with E-state index in [1.165, 1.54) is 12.1 Å². The van der Waals surface area contributed by atoms with Crippen LogP contribution in [-0.2, 0) is 17.3 Å². The van der Waals surface area contributed by atoms with Crippen molar-refractivity contribution >= 4 is 27.6 Å². The Morgan fingerprint density at radius 1 is 1.27 bits per heavy atom. The number of carbonyl (C=O) groups is 1. The van der Waals surface area contributed by atoms with Crippen molar-refractivity contribution in [1.29, 1.82) is 0 Å². The summed E-state index contributed by atoms with van der Waals surface area (Å²) in [5, 5.41) is 10.2. The molecule has 2 heterocycles. The summed E-state index contributed by atoms with van der Waals surface area (Å²) in [5.74, 6) is 0.00888. The van der Waals surface area contributed by atoms with E-state index in [4.69, 9.17) is 0 Å². The molecule has 4 rings (SSSR count). The summed E-state index contributed by atoms with van der Waals surface area (Å²) >= 11 is 0. The monoisotopic (exact) mass is 435 g/mol. The summed E-state index contributed by atoms with van der Waals surface area (Å²) in [6.07, 6.45) is 0.264. The number of alkyl halides is 2. The van der Waals surface area contributed by atoms with Crippen molar-refractivity contribution in [2.75, 3.05) is 11.5 Å². The van der Waals surface area contributed by atoms with E-state index in [-0.39, 0.29) is 18.0 Å². The van der Waals surface area contributed by atoms with Crippen LogP contribution in [0.3, 0.4) is 0 Å². The van der Waals surface area contributed by atoms with Crippen molar-refractivity contribution in [2.24, 2.45) is 0 Å². The van der Waals surface area contributed by atoms with E-state index < -0.39 is 34.5 Å². The second-order valence-electron chi connectivity index (χ2n) is 7.33. The van der Waals surface area contributed by atoms with Gasteiger partial charge < -0.3 is 5.32 Å². The first-order chi connectivity index (χ1) is 14.4. The lowest BCUT2D eigenvalue weighted by Crippen LogP contribution is -2.24. The Kier molecular flexibility index (Phi) is 5.90. The predicted octanol–water partition coefficient (Wildman–Crippen LogP) is 4.20. The first-order valence-electron chi connectivity index (χ1n) is 9.59. The molecule has 3 aromatic rings. The number of hydrogen-bond donors (Lipinski definition) is 2. The molecule has 1 aliphatic rings. The number of halogens is 3. The minimum absolute atomic E-state index is 0.00656. The highest BCUT2D eigenvalue weighted by Gasteiger charge is 2.23. The maximum absolute atomic E-state index is 14.2. The molecule has 158 valence electrons. The van der Waals surface area contributed by atoms with Crippen LogP contribution in [0.4, 0.5) is 13.2 Å². The molecule has 1 aliphatic heterocycles. The summed E-state index contributed by atoms with van der Waals surface area (Å²) < 4.78 is 51.7. The lowest BCUT2D eigenvalue weighted by molar-refractivity contribution is 0.0952. The topological polar surface area (TPSA) is 74.8 Å². The van der Waals surface area contributed by atoms with E-state index in [1.807, 2.05) is 6.07 Å². The molecular formula is C21H20F3N3O2S. The van der Waals surface area contributed by atoms with E-state index in [9.17, 15) is 22.2 Å². The first-order valence-corrected chi connectivity index (χ1v) is 11.1. The molecule has 2 N–H and O–H groups in total. The summed E-state index contributed by atoms with van der Waals surface area (Å²) in [5.41, 5.74) is 1.19. The average Bonchev–Trinajstić information content (AvgIpc) is 3.21. The number of hydrogen-bond acceptors (Lipinski definition) is 3. The highest BCUT2D eigenvalue weighted by Crippen LogP contribution is 2.31. The zero-order valence-electron chi connectivity index (χ0n) is 16.0. The number of benzene rings is 2. The number of nitrogens with one attached hydrogen (secondary N) is 2. The summed E-state index contributed by atoms with van der Waals surface area (Å²) in [4.78, 5) is 12.9. The zero-order valence-corrected chi connectivity index (χ0v) is 16.8. The van der Waals surface area contributed by atoms with Gasteiger partial charge in [0.05, 0.1) is 22.8 Å². The van der Waals surface area contributed by atoms with Crippen LogP contribution in [0.5, 0.6) is 0 Å². The van der Waals surface area contributed by atoms with Gasteiger partial charge >= 0.3 is 0 Å². The summed E-state index contributed by atoms with van der Waals surface area (Å²) in [6.45, 7) is -0.215. The standard InChI is InChI=1S/C21H20F3N3O2S/c22-18-13(2-1-3-16(18)20(23)24)10-25-21(28)17-9-14(8-15-11-26-27-19(15)17)12-4-6-30(29)7-5-12/h1-3,8-9,11-12,20H,4-7,10H2,(H,25,28)(H,26,27). The lowest BCUT2D eigenvalue weighted by Gasteiger charge is -2.22. The number of H-pyrrole nitrogens is 1. The van der Waals surface area contributed by atoms with Crippen LogP contribution in [0.2, 0.25) is 0 Å². The van der Waals surface area contributed by atoms with Crippen LogP contribution in [0, 0.1) is 5.82 Å². The molecule has 1 aromatic heterocycles. The number of aromatic nitrogens is 2. The molecule has 1 fully saturated rings. The van der Waals surface area contributed by atoms with Crippen molar-refractivity contribution in [3.63, 3.8) is 0 Å². The van der Waals surface area contributed by atoms with Gasteiger partial charge in [0.1, 0.15) is 5.82 Å². The summed E-state index contributed by atoms with van der Waals surface area (Å²) in [6, 6.07) is 7.49. The number of nitrogens with zero attached hydrogens (tertiary/aromatic N) is 1. The smallest absolute Gasteiger partial charge is 0.266 e. The van der Waals surface area contributed by atoms with Crippen molar-refractivity contribution in [3.05, 3.63) is 64.6 Å². The molecule has 0 unspecified atom stereocenters. The highest BCUT2D eigenvalue weighted by molar-refractivity contribution is 7.85. The Hall–Kier alpha value is -2.68. The SMILES string of the molecule is O=C(NCc1cccc(C(F)F)c1F)c1cc(C2CCS(=O)CC2)cc2cn[nH]c12. The molecule has 1 amide bonds. The van der Waals surface area contributed by atoms with Crippen LogP contribution in [0.15, 0.2) is 36.5 Å². The minimum atomic E-state index is -2.92. The van der Waals surface area contributed by atoms with Crippen LogP contribution in [0.1, 0.15) is 52.2 Å². The molecule has 0 atom stereocenters. The molecule has 30 heavy (non-hydrogen) atoms. The third kappa shape index (κ3) is 4.12. The van der Waals surface area contributed by atoms with Gasteiger partial charge in [-0.05, 0) is 36.5 Å². The fourth-order valence-corrected chi connectivity index (χ4v) is 5.10. The van der Waals surface area contributed by atoms with Crippen LogP contribution < -0.4 is 5.32 Å². The molecule has 5 nitrogen and oxygen atoms in total. The molecule has 0 radical (unpaired) electrons. The van der Waals surface area contributed by atoms with E-state index >= 15 is 0 Å². The third-order valence-corrected chi connectivity index (χ3v) is 6.84. The Bertz CT molecular complexity index is 1110. The molecule has 0 spiro atoms. The summed E-state index contributed by atoms with van der Waals surface area (Å²) in [7, 11) is -0.787. The molecular weight excluding hydrogens is 415 g/mol. The largest absolute Gasteiger partial charge is 0.348 e. The van der Waals surface area contributed by atoms with Gasteiger partial charge in [-0.1, -0.05) is 18.2 Å². The fourth-order valence-electron chi connectivity index (χ4n) is 3.80. The normalized spacial score (nSPS) is 19.3. The van der Waals surface area contributed by atoms with E-state index in [0.29, 0.717) is 22.6 Å². The van der Waals surface area contributed by atoms with Gasteiger partial charge in [0, 0.05) is 39.8 Å². The maximum Gasteiger partial charge on any atom is 0.266 e. The van der Waals surface area contributed by atoms with Gasteiger partial charge in [0.15, 0.2) is 0 Å². The molecule has 0 aliphatic carbocycles. The molecule has 0 bridgehead atoms. The maximum atomic E-state index is 14.2. The van der Waals surface area contributed by atoms with Crippen molar-refractivity contribution in [2.45, 2.75) is 31.7 Å². The lowest BCUT2D eigenvalue weighted by atomic mass is 9.91. The third-order valence-electron chi connectivity index (χ3n) is 5.46. The Balaban J connectivity index is 1.58. The first kappa shape index (κ1) is 20.6. The second kappa shape index (κ2) is 8.59. The zero-order chi connectivity index (χ0) is 21.3. The van der Waals surface area contributed by atoms with Gasteiger partial charge in [-0.25, -0.2) is 13.2 Å². The van der Waals surface area contributed by atoms with E-state index in [1.54, 1.807) is 12.3 Å². The van der Waals surface area contributed by atoms with Gasteiger partial charge in [-0.15, -0.1) is 0 Å². The number of carbonyl (C=O) groups excluding carboxylic acids is 1. The second-order valence-corrected chi connectivity index (χ2v) is 9.02. The van der Waals surface area contributed by atoms with E-state index in [2.05, 4.69) is 15.5 Å². The van der Waals surface area contributed by atoms with Gasteiger partial charge in [0.2, 0.25) is 0 Å². The van der Waals surface area contributed by atoms with Crippen LogP contribution >= 0.6 is 0 Å². The number of rotatable bonds is 5. The predicted molar refractivity (Wildman–Crippen MR) is 108 cm³/mol. The quantitative estimate of drug-likeness (QED) is 0.631. The number of aromatic amines is 1. The number of amides is 1. The van der Waals surface area contributed by atoms with Crippen molar-refractivity contribution in [1.82, 2.24) is 15.5 Å². The van der Waals surface area contributed by atoms with Crippen molar-refractivity contribution < 1.29 is 22.2 Å². The van der Waals surface area contributed by atoms with Crippen LogP contribution in [0.25, 0.3) is 10.9 Å². The minimum Gasteiger partial charge on any atom is -0.348 e. The van der Waals surface area contributed by atoms with Gasteiger partial charge in [-0.2, -0.15) is 5.10 Å².